The van der Waals surface area contributed by atoms with Gasteiger partial charge in [-0.05, 0) is 37.7 Å². The predicted octanol–water partition coefficient (Wildman–Crippen LogP) is 4.24. The molecule has 1 fully saturated rings. The van der Waals surface area contributed by atoms with Crippen molar-refractivity contribution in [3.8, 4) is 0 Å². The van der Waals surface area contributed by atoms with E-state index in [9.17, 15) is 4.79 Å². The van der Waals surface area contributed by atoms with Crippen molar-refractivity contribution in [3.05, 3.63) is 17.3 Å². The highest BCUT2D eigenvalue weighted by Crippen LogP contribution is 2.34. The highest BCUT2D eigenvalue weighted by molar-refractivity contribution is 8.00. The summed E-state index contributed by atoms with van der Waals surface area (Å²) in [6.45, 7) is 10.4. The summed E-state index contributed by atoms with van der Waals surface area (Å²) >= 11 is 3.28. The fraction of sp³-hybridized carbons (Fsp3) is 0.611. The molecule has 1 amide bonds. The van der Waals surface area contributed by atoms with Gasteiger partial charge in [-0.2, -0.15) is 0 Å². The first kappa shape index (κ1) is 17.7. The number of likely N-dealkylation sites (tertiary alicyclic amines) is 1. The first-order valence-electron chi connectivity index (χ1n) is 8.66. The molecule has 0 saturated carbocycles. The van der Waals surface area contributed by atoms with Crippen molar-refractivity contribution < 1.29 is 4.79 Å². The molecule has 4 nitrogen and oxygen atoms in total. The van der Waals surface area contributed by atoms with Crippen LogP contribution >= 0.6 is 23.1 Å². The fourth-order valence-corrected chi connectivity index (χ4v) is 5.44. The number of piperidine rings is 1. The Morgan fingerprint density at radius 2 is 2.08 bits per heavy atom. The van der Waals surface area contributed by atoms with Crippen LogP contribution in [0.5, 0.6) is 0 Å². The second-order valence-electron chi connectivity index (χ2n) is 6.91. The lowest BCUT2D eigenvalue weighted by Gasteiger charge is -2.36. The molecule has 2 aromatic rings. The van der Waals surface area contributed by atoms with Crippen molar-refractivity contribution in [1.82, 2.24) is 14.9 Å². The predicted molar refractivity (Wildman–Crippen MR) is 102 cm³/mol. The molecule has 0 bridgehead atoms. The Bertz CT molecular complexity index is 720. The second kappa shape index (κ2) is 7.40. The number of rotatable bonds is 4. The SMILES string of the molecule is CCc1cc2c(SC(C)C(=O)N3CC(C)CC(C)C3)ncnc2s1. The van der Waals surface area contributed by atoms with E-state index in [0.29, 0.717) is 11.8 Å². The van der Waals surface area contributed by atoms with E-state index >= 15 is 0 Å². The van der Waals surface area contributed by atoms with Crippen LogP contribution < -0.4 is 0 Å². The number of hydrogen-bond acceptors (Lipinski definition) is 5. The first-order valence-corrected chi connectivity index (χ1v) is 10.4. The molecule has 1 aliphatic heterocycles. The molecule has 1 aliphatic rings. The number of carbonyl (C=O) groups excluding carboxylic acids is 1. The molecule has 3 heterocycles. The third kappa shape index (κ3) is 3.75. The van der Waals surface area contributed by atoms with Crippen molar-refractivity contribution in [2.45, 2.75) is 50.8 Å². The number of hydrogen-bond donors (Lipinski definition) is 0. The van der Waals surface area contributed by atoms with E-state index in [1.165, 1.54) is 11.3 Å². The number of aryl methyl sites for hydroxylation is 1. The van der Waals surface area contributed by atoms with Crippen LogP contribution in [0.4, 0.5) is 0 Å². The summed E-state index contributed by atoms with van der Waals surface area (Å²) in [6, 6.07) is 2.17. The van der Waals surface area contributed by atoms with Crippen molar-refractivity contribution in [1.29, 1.82) is 0 Å². The molecule has 130 valence electrons. The maximum absolute atomic E-state index is 12.9. The molecule has 3 atom stereocenters. The van der Waals surface area contributed by atoms with Gasteiger partial charge in [0.2, 0.25) is 5.91 Å². The van der Waals surface area contributed by atoms with Gasteiger partial charge in [0.15, 0.2) is 0 Å². The summed E-state index contributed by atoms with van der Waals surface area (Å²) < 4.78 is 0. The minimum Gasteiger partial charge on any atom is -0.341 e. The van der Waals surface area contributed by atoms with Crippen LogP contribution in [0, 0.1) is 11.8 Å². The zero-order valence-corrected chi connectivity index (χ0v) is 16.4. The van der Waals surface area contributed by atoms with E-state index in [2.05, 4.69) is 36.8 Å². The van der Waals surface area contributed by atoms with Gasteiger partial charge in [-0.3, -0.25) is 4.79 Å². The molecular formula is C18H25N3OS2. The van der Waals surface area contributed by atoms with Gasteiger partial charge in [0, 0.05) is 23.4 Å². The number of amides is 1. The van der Waals surface area contributed by atoms with E-state index in [-0.39, 0.29) is 11.2 Å². The lowest BCUT2D eigenvalue weighted by Crippen LogP contribution is -2.45. The van der Waals surface area contributed by atoms with Gasteiger partial charge in [0.1, 0.15) is 16.2 Å². The molecule has 0 N–H and O–H groups in total. The fourth-order valence-electron chi connectivity index (χ4n) is 3.47. The van der Waals surface area contributed by atoms with Crippen molar-refractivity contribution in [3.63, 3.8) is 0 Å². The van der Waals surface area contributed by atoms with E-state index in [0.717, 1.165) is 34.8 Å². The highest BCUT2D eigenvalue weighted by atomic mass is 32.2. The molecule has 24 heavy (non-hydrogen) atoms. The smallest absolute Gasteiger partial charge is 0.235 e. The van der Waals surface area contributed by atoms with Gasteiger partial charge in [0.05, 0.1) is 5.25 Å². The number of thiophene rings is 1. The zero-order chi connectivity index (χ0) is 17.3. The van der Waals surface area contributed by atoms with Crippen LogP contribution in [0.3, 0.4) is 0 Å². The van der Waals surface area contributed by atoms with Gasteiger partial charge in [-0.15, -0.1) is 11.3 Å². The summed E-state index contributed by atoms with van der Waals surface area (Å²) in [4.78, 5) is 26.0. The van der Waals surface area contributed by atoms with Crippen molar-refractivity contribution in [2.75, 3.05) is 13.1 Å². The Balaban J connectivity index is 1.75. The maximum atomic E-state index is 12.9. The normalized spacial score (nSPS) is 22.8. The largest absolute Gasteiger partial charge is 0.341 e. The average molecular weight is 364 g/mol. The molecule has 0 spiro atoms. The van der Waals surface area contributed by atoms with E-state index in [4.69, 9.17) is 0 Å². The zero-order valence-electron chi connectivity index (χ0n) is 14.8. The number of aromatic nitrogens is 2. The molecule has 1 saturated heterocycles. The third-order valence-corrected chi connectivity index (χ3v) is 6.80. The van der Waals surface area contributed by atoms with E-state index < -0.39 is 0 Å². The van der Waals surface area contributed by atoms with Crippen molar-refractivity contribution in [2.24, 2.45) is 11.8 Å². The van der Waals surface area contributed by atoms with Gasteiger partial charge in [-0.25, -0.2) is 9.97 Å². The van der Waals surface area contributed by atoms with Gasteiger partial charge in [-0.1, -0.05) is 32.5 Å². The molecule has 3 rings (SSSR count). The third-order valence-electron chi connectivity index (χ3n) is 4.51. The first-order chi connectivity index (χ1) is 11.5. The van der Waals surface area contributed by atoms with Crippen LogP contribution in [-0.4, -0.2) is 39.1 Å². The summed E-state index contributed by atoms with van der Waals surface area (Å²) in [7, 11) is 0. The van der Waals surface area contributed by atoms with Crippen LogP contribution in [-0.2, 0) is 11.2 Å². The highest BCUT2D eigenvalue weighted by Gasteiger charge is 2.29. The second-order valence-corrected chi connectivity index (χ2v) is 9.36. The quantitative estimate of drug-likeness (QED) is 0.602. The summed E-state index contributed by atoms with van der Waals surface area (Å²) in [6.07, 6.45) is 3.83. The number of thioether (sulfide) groups is 1. The topological polar surface area (TPSA) is 46.1 Å². The Labute approximate surface area is 152 Å². The van der Waals surface area contributed by atoms with Gasteiger partial charge >= 0.3 is 0 Å². The van der Waals surface area contributed by atoms with Crippen molar-refractivity contribution >= 4 is 39.2 Å². The van der Waals surface area contributed by atoms with Crippen LogP contribution in [0.2, 0.25) is 0 Å². The standard InChI is InChI=1S/C18H25N3OS2/c1-5-14-7-15-16(19-10-20-17(15)24-14)23-13(4)18(22)21-8-11(2)6-12(3)9-21/h7,10-13H,5-6,8-9H2,1-4H3. The minimum atomic E-state index is -0.120. The Morgan fingerprint density at radius 3 is 2.75 bits per heavy atom. The minimum absolute atomic E-state index is 0.120. The monoisotopic (exact) mass is 363 g/mol. The van der Waals surface area contributed by atoms with E-state index in [1.54, 1.807) is 29.4 Å². The summed E-state index contributed by atoms with van der Waals surface area (Å²) in [5, 5.41) is 1.89. The number of fused-ring (bicyclic) bond motifs is 1. The molecular weight excluding hydrogens is 338 g/mol. The molecule has 0 radical (unpaired) electrons. The van der Waals surface area contributed by atoms with Crippen LogP contribution in [0.15, 0.2) is 17.4 Å². The molecule has 3 unspecified atom stereocenters. The number of carbonyl (C=O) groups is 1. The lowest BCUT2D eigenvalue weighted by molar-refractivity contribution is -0.132. The van der Waals surface area contributed by atoms with Gasteiger partial charge in [0.25, 0.3) is 0 Å². The molecule has 2 aromatic heterocycles. The summed E-state index contributed by atoms with van der Waals surface area (Å²) in [5.74, 6) is 1.41. The lowest BCUT2D eigenvalue weighted by atomic mass is 9.92. The Kier molecular flexibility index (Phi) is 5.45. The Hall–Kier alpha value is -1.14. The molecule has 6 heteroatoms. The van der Waals surface area contributed by atoms with Crippen LogP contribution in [0.25, 0.3) is 10.2 Å². The van der Waals surface area contributed by atoms with Crippen LogP contribution in [0.1, 0.15) is 39.0 Å². The maximum Gasteiger partial charge on any atom is 0.235 e. The average Bonchev–Trinajstić information content (AvgIpc) is 2.97. The summed E-state index contributed by atoms with van der Waals surface area (Å²) in [5.41, 5.74) is 0. The molecule has 0 aromatic carbocycles. The number of nitrogens with zero attached hydrogens (tertiary/aromatic N) is 3. The van der Waals surface area contributed by atoms with Gasteiger partial charge < -0.3 is 4.90 Å². The van der Waals surface area contributed by atoms with E-state index in [1.807, 2.05) is 11.8 Å². The molecule has 0 aliphatic carbocycles. The Morgan fingerprint density at radius 1 is 1.38 bits per heavy atom.